The fourth-order valence-corrected chi connectivity index (χ4v) is 1.31. The molecule has 0 fully saturated rings. The van der Waals surface area contributed by atoms with Crippen molar-refractivity contribution in [3.8, 4) is 0 Å². The van der Waals surface area contributed by atoms with Gasteiger partial charge in [0.2, 0.25) is 0 Å². The van der Waals surface area contributed by atoms with Gasteiger partial charge in [0, 0.05) is 11.1 Å². The van der Waals surface area contributed by atoms with Crippen molar-refractivity contribution >= 4 is 0 Å². The van der Waals surface area contributed by atoms with Gasteiger partial charge in [-0.05, 0) is 24.6 Å². The molecular formula is C10H11F4N. The van der Waals surface area contributed by atoms with Gasteiger partial charge in [-0.25, -0.2) is 17.6 Å². The molecule has 0 saturated carbocycles. The minimum absolute atomic E-state index is 0.245. The molecule has 0 aliphatic heterocycles. The summed E-state index contributed by atoms with van der Waals surface area (Å²) in [7, 11) is 0. The Labute approximate surface area is 84.9 Å². The summed E-state index contributed by atoms with van der Waals surface area (Å²) in [6.07, 6.45) is -5.15. The van der Waals surface area contributed by atoms with Crippen LogP contribution in [0, 0.1) is 0 Å². The van der Waals surface area contributed by atoms with Crippen molar-refractivity contribution in [2.45, 2.75) is 19.3 Å². The van der Waals surface area contributed by atoms with Crippen LogP contribution in [0.25, 0.3) is 0 Å². The summed E-state index contributed by atoms with van der Waals surface area (Å²) in [6.45, 7) is 0.245. The highest BCUT2D eigenvalue weighted by molar-refractivity contribution is 5.31. The van der Waals surface area contributed by atoms with Crippen molar-refractivity contribution in [1.29, 1.82) is 0 Å². The maximum absolute atomic E-state index is 12.4. The minimum atomic E-state index is -2.74. The molecule has 0 atom stereocenters. The van der Waals surface area contributed by atoms with Crippen LogP contribution in [0.15, 0.2) is 18.2 Å². The van der Waals surface area contributed by atoms with Crippen LogP contribution in [-0.4, -0.2) is 6.54 Å². The van der Waals surface area contributed by atoms with E-state index >= 15 is 0 Å². The molecule has 0 aromatic heterocycles. The quantitative estimate of drug-likeness (QED) is 0.777. The van der Waals surface area contributed by atoms with Crippen molar-refractivity contribution in [2.24, 2.45) is 5.73 Å². The molecule has 84 valence electrons. The van der Waals surface area contributed by atoms with E-state index in [0.717, 1.165) is 6.07 Å². The summed E-state index contributed by atoms with van der Waals surface area (Å²) in [5.41, 5.74) is 4.90. The molecule has 0 unspecified atom stereocenters. The van der Waals surface area contributed by atoms with Crippen LogP contribution >= 0.6 is 0 Å². The number of halogens is 4. The summed E-state index contributed by atoms with van der Waals surface area (Å²) in [5, 5.41) is 0. The highest BCUT2D eigenvalue weighted by Gasteiger charge is 2.14. The van der Waals surface area contributed by atoms with Crippen molar-refractivity contribution < 1.29 is 17.6 Å². The fraction of sp³-hybridized carbons (Fsp3) is 0.400. The van der Waals surface area contributed by atoms with Crippen molar-refractivity contribution in [3.05, 3.63) is 34.9 Å². The SMILES string of the molecule is NCCc1cc(C(F)F)cc(C(F)F)c1. The Hall–Kier alpha value is -1.10. The Bertz CT molecular complexity index is 299. The van der Waals surface area contributed by atoms with Crippen LogP contribution in [0.2, 0.25) is 0 Å². The van der Waals surface area contributed by atoms with Gasteiger partial charge in [-0.3, -0.25) is 0 Å². The Morgan fingerprint density at radius 3 is 1.73 bits per heavy atom. The van der Waals surface area contributed by atoms with E-state index in [9.17, 15) is 17.6 Å². The molecule has 0 heterocycles. The standard InChI is InChI=1S/C10H11F4N/c11-9(12)7-3-6(1-2-15)4-8(5-7)10(13)14/h3-5,9-10H,1-2,15H2. The summed E-state index contributed by atoms with van der Waals surface area (Å²) < 4.78 is 49.4. The number of nitrogens with two attached hydrogens (primary N) is 1. The summed E-state index contributed by atoms with van der Waals surface area (Å²) >= 11 is 0. The molecule has 0 spiro atoms. The van der Waals surface area contributed by atoms with Crippen LogP contribution in [0.5, 0.6) is 0 Å². The highest BCUT2D eigenvalue weighted by Crippen LogP contribution is 2.27. The van der Waals surface area contributed by atoms with Gasteiger partial charge in [-0.2, -0.15) is 0 Å². The fourth-order valence-electron chi connectivity index (χ4n) is 1.31. The van der Waals surface area contributed by atoms with Gasteiger partial charge in [-0.1, -0.05) is 12.1 Å². The van der Waals surface area contributed by atoms with E-state index < -0.39 is 12.9 Å². The number of benzene rings is 1. The molecule has 1 aromatic rings. The zero-order chi connectivity index (χ0) is 11.4. The topological polar surface area (TPSA) is 26.0 Å². The Kier molecular flexibility index (Phi) is 4.08. The number of alkyl halides is 4. The molecule has 1 aromatic carbocycles. The monoisotopic (exact) mass is 221 g/mol. The van der Waals surface area contributed by atoms with Gasteiger partial charge in [-0.15, -0.1) is 0 Å². The Morgan fingerprint density at radius 1 is 0.933 bits per heavy atom. The molecule has 0 aliphatic carbocycles. The van der Waals surface area contributed by atoms with E-state index in [2.05, 4.69) is 0 Å². The van der Waals surface area contributed by atoms with E-state index in [1.807, 2.05) is 0 Å². The van der Waals surface area contributed by atoms with Crippen LogP contribution in [0.1, 0.15) is 29.5 Å². The van der Waals surface area contributed by atoms with Crippen molar-refractivity contribution in [1.82, 2.24) is 0 Å². The first kappa shape index (κ1) is 12.0. The minimum Gasteiger partial charge on any atom is -0.330 e. The van der Waals surface area contributed by atoms with Crippen LogP contribution < -0.4 is 5.73 Å². The van der Waals surface area contributed by atoms with E-state index in [0.29, 0.717) is 12.0 Å². The maximum Gasteiger partial charge on any atom is 0.263 e. The third-order valence-electron chi connectivity index (χ3n) is 1.97. The Balaban J connectivity index is 3.08. The predicted molar refractivity (Wildman–Crippen MR) is 49.1 cm³/mol. The molecule has 0 radical (unpaired) electrons. The average Bonchev–Trinajstić information content (AvgIpc) is 2.17. The zero-order valence-corrected chi connectivity index (χ0v) is 7.89. The smallest absolute Gasteiger partial charge is 0.263 e. The second-order valence-corrected chi connectivity index (χ2v) is 3.15. The summed E-state index contributed by atoms with van der Waals surface area (Å²) in [6, 6.07) is 3.25. The first-order valence-corrected chi connectivity index (χ1v) is 4.44. The first-order chi connectivity index (χ1) is 7.04. The largest absolute Gasteiger partial charge is 0.330 e. The lowest BCUT2D eigenvalue weighted by Crippen LogP contribution is -2.04. The van der Waals surface area contributed by atoms with Gasteiger partial charge in [0.15, 0.2) is 0 Å². The van der Waals surface area contributed by atoms with Gasteiger partial charge in [0.05, 0.1) is 0 Å². The number of rotatable bonds is 4. The van der Waals surface area contributed by atoms with Gasteiger partial charge in [0.1, 0.15) is 0 Å². The maximum atomic E-state index is 12.4. The molecule has 2 N–H and O–H groups in total. The van der Waals surface area contributed by atoms with Gasteiger partial charge >= 0.3 is 0 Å². The summed E-state index contributed by atoms with van der Waals surface area (Å²) in [5.74, 6) is 0. The third kappa shape index (κ3) is 3.20. The number of hydrogen-bond acceptors (Lipinski definition) is 1. The lowest BCUT2D eigenvalue weighted by Gasteiger charge is -2.08. The van der Waals surface area contributed by atoms with E-state index in [-0.39, 0.29) is 17.7 Å². The molecule has 0 amide bonds. The van der Waals surface area contributed by atoms with Crippen LogP contribution in [0.4, 0.5) is 17.6 Å². The summed E-state index contributed by atoms with van der Waals surface area (Å²) in [4.78, 5) is 0. The average molecular weight is 221 g/mol. The van der Waals surface area contributed by atoms with Crippen LogP contribution in [-0.2, 0) is 6.42 Å². The van der Waals surface area contributed by atoms with Crippen LogP contribution in [0.3, 0.4) is 0 Å². The molecule has 0 saturated heterocycles. The van der Waals surface area contributed by atoms with Gasteiger partial charge in [0.25, 0.3) is 12.9 Å². The zero-order valence-electron chi connectivity index (χ0n) is 7.89. The van der Waals surface area contributed by atoms with Gasteiger partial charge < -0.3 is 5.73 Å². The first-order valence-electron chi connectivity index (χ1n) is 4.44. The van der Waals surface area contributed by atoms with E-state index in [1.54, 1.807) is 0 Å². The predicted octanol–water partition coefficient (Wildman–Crippen LogP) is 3.06. The molecule has 0 bridgehead atoms. The number of hydrogen-bond donors (Lipinski definition) is 1. The normalized spacial score (nSPS) is 11.4. The molecule has 15 heavy (non-hydrogen) atoms. The third-order valence-corrected chi connectivity index (χ3v) is 1.97. The molecule has 1 nitrogen and oxygen atoms in total. The molecule has 5 heteroatoms. The lowest BCUT2D eigenvalue weighted by molar-refractivity contribution is 0.144. The second kappa shape index (κ2) is 5.11. The van der Waals surface area contributed by atoms with E-state index in [1.165, 1.54) is 12.1 Å². The molecule has 1 rings (SSSR count). The highest BCUT2D eigenvalue weighted by atomic mass is 19.3. The molecular weight excluding hydrogens is 210 g/mol. The van der Waals surface area contributed by atoms with Crippen molar-refractivity contribution in [3.63, 3.8) is 0 Å². The molecule has 0 aliphatic rings. The Morgan fingerprint density at radius 2 is 1.40 bits per heavy atom. The van der Waals surface area contributed by atoms with E-state index in [4.69, 9.17) is 5.73 Å². The second-order valence-electron chi connectivity index (χ2n) is 3.15. The lowest BCUT2D eigenvalue weighted by atomic mass is 10.0. The van der Waals surface area contributed by atoms with Crippen molar-refractivity contribution in [2.75, 3.05) is 6.54 Å².